The van der Waals surface area contributed by atoms with E-state index in [9.17, 15) is 4.79 Å². The Morgan fingerprint density at radius 3 is 2.44 bits per heavy atom. The zero-order chi connectivity index (χ0) is 17.1. The molecule has 3 aliphatic rings. The van der Waals surface area contributed by atoms with Crippen LogP contribution in [0.25, 0.3) is 0 Å². The van der Waals surface area contributed by atoms with Crippen molar-refractivity contribution in [1.82, 2.24) is 19.8 Å². The van der Waals surface area contributed by atoms with Crippen LogP contribution in [0.5, 0.6) is 0 Å². The Morgan fingerprint density at radius 2 is 1.68 bits per heavy atom. The van der Waals surface area contributed by atoms with Gasteiger partial charge in [-0.3, -0.25) is 9.69 Å². The highest BCUT2D eigenvalue weighted by atomic mass is 16.2. The van der Waals surface area contributed by atoms with Crippen molar-refractivity contribution in [3.8, 4) is 0 Å². The maximum Gasteiger partial charge on any atom is 0.236 e. The first-order valence-electron chi connectivity index (χ1n) is 9.82. The van der Waals surface area contributed by atoms with Gasteiger partial charge in [0, 0.05) is 45.1 Å². The fourth-order valence-electron chi connectivity index (χ4n) is 4.72. The Labute approximate surface area is 150 Å². The van der Waals surface area contributed by atoms with Crippen LogP contribution in [0.15, 0.2) is 18.5 Å². The van der Waals surface area contributed by atoms with Crippen LogP contribution in [0.2, 0.25) is 0 Å². The molecule has 2 atom stereocenters. The van der Waals surface area contributed by atoms with Gasteiger partial charge in [0.15, 0.2) is 0 Å². The van der Waals surface area contributed by atoms with Crippen molar-refractivity contribution in [2.24, 2.45) is 11.8 Å². The van der Waals surface area contributed by atoms with E-state index in [-0.39, 0.29) is 0 Å². The number of anilines is 1. The van der Waals surface area contributed by atoms with Gasteiger partial charge in [0.1, 0.15) is 0 Å². The lowest BCUT2D eigenvalue weighted by atomic mass is 9.75. The predicted octanol–water partition coefficient (Wildman–Crippen LogP) is 1.64. The van der Waals surface area contributed by atoms with E-state index in [4.69, 9.17) is 0 Å². The molecule has 3 fully saturated rings. The Hall–Kier alpha value is -1.69. The summed E-state index contributed by atoms with van der Waals surface area (Å²) in [6.07, 6.45) is 10.4. The van der Waals surface area contributed by atoms with Gasteiger partial charge in [-0.2, -0.15) is 0 Å². The third-order valence-corrected chi connectivity index (χ3v) is 6.20. The molecule has 0 radical (unpaired) electrons. The van der Waals surface area contributed by atoms with Crippen LogP contribution in [0.3, 0.4) is 0 Å². The van der Waals surface area contributed by atoms with Crippen molar-refractivity contribution in [1.29, 1.82) is 0 Å². The third kappa shape index (κ3) is 3.94. The maximum atomic E-state index is 12.7. The number of rotatable bonds is 3. The summed E-state index contributed by atoms with van der Waals surface area (Å²) in [7, 11) is 0. The first kappa shape index (κ1) is 16.8. The first-order valence-corrected chi connectivity index (χ1v) is 9.82. The maximum absolute atomic E-state index is 12.7. The van der Waals surface area contributed by atoms with Crippen molar-refractivity contribution in [3.05, 3.63) is 18.5 Å². The molecule has 0 N–H and O–H groups in total. The molecule has 1 saturated carbocycles. The van der Waals surface area contributed by atoms with Crippen LogP contribution >= 0.6 is 0 Å². The van der Waals surface area contributed by atoms with Crippen molar-refractivity contribution in [3.63, 3.8) is 0 Å². The van der Waals surface area contributed by atoms with E-state index in [2.05, 4.69) is 19.8 Å². The number of amides is 1. The topological polar surface area (TPSA) is 52.6 Å². The molecule has 0 aromatic carbocycles. The van der Waals surface area contributed by atoms with Gasteiger partial charge in [-0.05, 0) is 37.3 Å². The van der Waals surface area contributed by atoms with Gasteiger partial charge in [0.05, 0.1) is 6.54 Å². The lowest BCUT2D eigenvalue weighted by Gasteiger charge is -2.42. The molecule has 1 amide bonds. The Balaban J connectivity index is 1.25. The number of aromatic nitrogens is 2. The van der Waals surface area contributed by atoms with Crippen LogP contribution in [0.1, 0.15) is 32.1 Å². The molecule has 6 heteroatoms. The van der Waals surface area contributed by atoms with Crippen LogP contribution in [-0.4, -0.2) is 71.5 Å². The summed E-state index contributed by atoms with van der Waals surface area (Å²) >= 11 is 0. The molecule has 6 nitrogen and oxygen atoms in total. The number of carbonyl (C=O) groups excluding carboxylic acids is 1. The molecule has 0 unspecified atom stereocenters. The molecule has 0 bridgehead atoms. The van der Waals surface area contributed by atoms with Gasteiger partial charge >= 0.3 is 0 Å². The quantitative estimate of drug-likeness (QED) is 0.835. The number of nitrogens with zero attached hydrogens (tertiary/aromatic N) is 5. The minimum atomic E-state index is 0.294. The average molecular weight is 343 g/mol. The zero-order valence-corrected chi connectivity index (χ0v) is 15.0. The van der Waals surface area contributed by atoms with E-state index in [1.54, 1.807) is 12.4 Å². The largest absolute Gasteiger partial charge is 0.338 e. The molecule has 25 heavy (non-hydrogen) atoms. The van der Waals surface area contributed by atoms with E-state index in [0.717, 1.165) is 57.1 Å². The number of hydrogen-bond donors (Lipinski definition) is 0. The van der Waals surface area contributed by atoms with Crippen LogP contribution in [0, 0.1) is 11.8 Å². The number of piperidine rings is 1. The molecule has 1 aromatic rings. The molecule has 3 heterocycles. The van der Waals surface area contributed by atoms with Gasteiger partial charge in [0.25, 0.3) is 0 Å². The minimum absolute atomic E-state index is 0.294. The van der Waals surface area contributed by atoms with Gasteiger partial charge in [0.2, 0.25) is 11.9 Å². The lowest BCUT2D eigenvalue weighted by molar-refractivity contribution is -0.133. The van der Waals surface area contributed by atoms with Crippen molar-refractivity contribution in [2.45, 2.75) is 32.1 Å². The number of likely N-dealkylation sites (tertiary alicyclic amines) is 1. The summed E-state index contributed by atoms with van der Waals surface area (Å²) in [4.78, 5) is 27.9. The summed E-state index contributed by atoms with van der Waals surface area (Å²) in [5, 5.41) is 0. The smallest absolute Gasteiger partial charge is 0.236 e. The Kier molecular flexibility index (Phi) is 5.15. The van der Waals surface area contributed by atoms with E-state index in [1.165, 1.54) is 32.1 Å². The number of fused-ring (bicyclic) bond motifs is 1. The highest BCUT2D eigenvalue weighted by Gasteiger charge is 2.32. The van der Waals surface area contributed by atoms with E-state index < -0.39 is 0 Å². The summed E-state index contributed by atoms with van der Waals surface area (Å²) < 4.78 is 0. The highest BCUT2D eigenvalue weighted by Crippen LogP contribution is 2.35. The molecule has 1 aliphatic carbocycles. The summed E-state index contributed by atoms with van der Waals surface area (Å²) in [6, 6.07) is 1.83. The molecule has 2 aliphatic heterocycles. The molecular weight excluding hydrogens is 314 g/mol. The first-order chi connectivity index (χ1) is 12.3. The standard InChI is InChI=1S/C19H29N5O/c25-18(15-22-9-6-16-4-1-2-5-17(16)14-22)23-10-12-24(13-11-23)19-20-7-3-8-21-19/h3,7-8,16-17H,1-2,4-6,9-15H2/t16-,17-/m1/s1. The van der Waals surface area contributed by atoms with Crippen LogP contribution in [0.4, 0.5) is 5.95 Å². The molecule has 0 spiro atoms. The fraction of sp³-hybridized carbons (Fsp3) is 0.737. The van der Waals surface area contributed by atoms with E-state index in [0.29, 0.717) is 12.5 Å². The third-order valence-electron chi connectivity index (χ3n) is 6.20. The Morgan fingerprint density at radius 1 is 0.960 bits per heavy atom. The number of piperazine rings is 1. The predicted molar refractivity (Wildman–Crippen MR) is 97.3 cm³/mol. The fourth-order valence-corrected chi connectivity index (χ4v) is 4.72. The molecular formula is C19H29N5O. The van der Waals surface area contributed by atoms with Crippen molar-refractivity contribution >= 4 is 11.9 Å². The lowest BCUT2D eigenvalue weighted by Crippen LogP contribution is -2.53. The summed E-state index contributed by atoms with van der Waals surface area (Å²) in [5.74, 6) is 2.83. The number of carbonyl (C=O) groups is 1. The number of hydrogen-bond acceptors (Lipinski definition) is 5. The second kappa shape index (κ2) is 7.68. The normalized spacial score (nSPS) is 27.8. The molecule has 1 aromatic heterocycles. The summed E-state index contributed by atoms with van der Waals surface area (Å²) in [5.41, 5.74) is 0. The second-order valence-electron chi connectivity index (χ2n) is 7.75. The van der Waals surface area contributed by atoms with E-state index in [1.807, 2.05) is 11.0 Å². The SMILES string of the molecule is O=C(CN1CC[C@H]2CCCC[C@@H]2C1)N1CCN(c2ncccn2)CC1. The monoisotopic (exact) mass is 343 g/mol. The van der Waals surface area contributed by atoms with Gasteiger partial charge in [-0.25, -0.2) is 9.97 Å². The van der Waals surface area contributed by atoms with Crippen molar-refractivity contribution in [2.75, 3.05) is 50.7 Å². The summed E-state index contributed by atoms with van der Waals surface area (Å²) in [6.45, 7) is 6.03. The average Bonchev–Trinajstić information content (AvgIpc) is 2.69. The van der Waals surface area contributed by atoms with E-state index >= 15 is 0 Å². The van der Waals surface area contributed by atoms with Crippen LogP contribution < -0.4 is 4.90 Å². The minimum Gasteiger partial charge on any atom is -0.338 e. The molecule has 4 rings (SSSR count). The van der Waals surface area contributed by atoms with Gasteiger partial charge < -0.3 is 9.80 Å². The van der Waals surface area contributed by atoms with Crippen LogP contribution in [-0.2, 0) is 4.79 Å². The molecule has 2 saturated heterocycles. The van der Waals surface area contributed by atoms with Crippen molar-refractivity contribution < 1.29 is 4.79 Å². The molecule has 136 valence electrons. The second-order valence-corrected chi connectivity index (χ2v) is 7.75. The highest BCUT2D eigenvalue weighted by molar-refractivity contribution is 5.78. The van der Waals surface area contributed by atoms with Gasteiger partial charge in [-0.15, -0.1) is 0 Å². The Bertz CT molecular complexity index is 572. The van der Waals surface area contributed by atoms with Gasteiger partial charge in [-0.1, -0.05) is 19.3 Å². The zero-order valence-electron chi connectivity index (χ0n) is 15.0.